The Hall–Kier alpha value is -3.32. The lowest BCUT2D eigenvalue weighted by atomic mass is 9.97. The molecule has 0 aliphatic rings. The number of aryl methyl sites for hydroxylation is 1. The highest BCUT2D eigenvalue weighted by molar-refractivity contribution is 5.97. The Balaban J connectivity index is 2.01. The van der Waals surface area contributed by atoms with Crippen molar-refractivity contribution in [3.05, 3.63) is 82.2 Å². The molecule has 0 radical (unpaired) electrons. The summed E-state index contributed by atoms with van der Waals surface area (Å²) in [5.41, 5.74) is 6.05. The SMILES string of the molecule is Cc1cccc(Cc2ccc(-c3c(C#N)c(C)n(C)c3C(=O)O)cc2)c1. The highest BCUT2D eigenvalue weighted by Crippen LogP contribution is 2.32. The molecule has 0 atom stereocenters. The van der Waals surface area contributed by atoms with Crippen molar-refractivity contribution in [2.75, 3.05) is 0 Å². The van der Waals surface area contributed by atoms with Gasteiger partial charge in [0.2, 0.25) is 0 Å². The second-order valence-corrected chi connectivity index (χ2v) is 6.52. The third kappa shape index (κ3) is 3.12. The van der Waals surface area contributed by atoms with E-state index in [4.69, 9.17) is 0 Å². The lowest BCUT2D eigenvalue weighted by molar-refractivity contribution is 0.0687. The van der Waals surface area contributed by atoms with Gasteiger partial charge in [0.1, 0.15) is 11.8 Å². The maximum absolute atomic E-state index is 11.7. The van der Waals surface area contributed by atoms with Crippen molar-refractivity contribution in [3.63, 3.8) is 0 Å². The molecule has 1 aromatic heterocycles. The summed E-state index contributed by atoms with van der Waals surface area (Å²) in [7, 11) is 1.68. The van der Waals surface area contributed by atoms with Crippen LogP contribution in [-0.4, -0.2) is 15.6 Å². The molecule has 0 amide bonds. The van der Waals surface area contributed by atoms with Gasteiger partial charge in [-0.3, -0.25) is 0 Å². The van der Waals surface area contributed by atoms with Gasteiger partial charge in [-0.1, -0.05) is 54.1 Å². The van der Waals surface area contributed by atoms with Crippen LogP contribution in [0, 0.1) is 25.2 Å². The first-order valence-corrected chi connectivity index (χ1v) is 8.40. The third-order valence-corrected chi connectivity index (χ3v) is 4.73. The average Bonchev–Trinajstić information content (AvgIpc) is 2.86. The number of rotatable bonds is 4. The van der Waals surface area contributed by atoms with Crippen molar-refractivity contribution >= 4 is 5.97 Å². The fourth-order valence-corrected chi connectivity index (χ4v) is 3.32. The van der Waals surface area contributed by atoms with Crippen molar-refractivity contribution in [2.45, 2.75) is 20.3 Å². The number of hydrogen-bond acceptors (Lipinski definition) is 2. The van der Waals surface area contributed by atoms with Crippen molar-refractivity contribution in [1.29, 1.82) is 5.26 Å². The minimum Gasteiger partial charge on any atom is -0.477 e. The highest BCUT2D eigenvalue weighted by atomic mass is 16.4. The van der Waals surface area contributed by atoms with Crippen LogP contribution in [0.5, 0.6) is 0 Å². The maximum atomic E-state index is 11.7. The number of aromatic carboxylic acids is 1. The zero-order chi connectivity index (χ0) is 18.8. The van der Waals surface area contributed by atoms with Crippen molar-refractivity contribution < 1.29 is 9.90 Å². The fraction of sp³-hybridized carbons (Fsp3) is 0.182. The van der Waals surface area contributed by atoms with Crippen molar-refractivity contribution in [1.82, 2.24) is 4.57 Å². The Kier molecular flexibility index (Phi) is 4.64. The van der Waals surface area contributed by atoms with E-state index in [1.807, 2.05) is 30.3 Å². The molecule has 0 spiro atoms. The summed E-state index contributed by atoms with van der Waals surface area (Å²) in [6, 6.07) is 18.3. The summed E-state index contributed by atoms with van der Waals surface area (Å²) >= 11 is 0. The average molecular weight is 344 g/mol. The molecule has 4 nitrogen and oxygen atoms in total. The summed E-state index contributed by atoms with van der Waals surface area (Å²) in [4.78, 5) is 11.7. The molecule has 26 heavy (non-hydrogen) atoms. The van der Waals surface area contributed by atoms with Crippen LogP contribution in [0.4, 0.5) is 0 Å². The van der Waals surface area contributed by atoms with Gasteiger partial charge in [0.25, 0.3) is 0 Å². The zero-order valence-corrected chi connectivity index (χ0v) is 15.1. The van der Waals surface area contributed by atoms with Crippen molar-refractivity contribution in [2.24, 2.45) is 7.05 Å². The number of hydrogen-bond donors (Lipinski definition) is 1. The maximum Gasteiger partial charge on any atom is 0.353 e. The topological polar surface area (TPSA) is 66.0 Å². The number of carboxylic acids is 1. The minimum atomic E-state index is -1.03. The predicted octanol–water partition coefficient (Wildman–Crippen LogP) is 4.47. The van der Waals surface area contributed by atoms with E-state index in [0.29, 0.717) is 16.8 Å². The van der Waals surface area contributed by atoms with E-state index in [1.54, 1.807) is 18.5 Å². The first kappa shape index (κ1) is 17.5. The lowest BCUT2D eigenvalue weighted by Crippen LogP contribution is -2.06. The summed E-state index contributed by atoms with van der Waals surface area (Å²) in [6.07, 6.45) is 0.812. The van der Waals surface area contributed by atoms with Gasteiger partial charge in [-0.15, -0.1) is 0 Å². The zero-order valence-electron chi connectivity index (χ0n) is 15.1. The largest absolute Gasteiger partial charge is 0.477 e. The van der Waals surface area contributed by atoms with Gasteiger partial charge in [0, 0.05) is 18.3 Å². The molecule has 3 aromatic rings. The van der Waals surface area contributed by atoms with Crippen LogP contribution in [0.25, 0.3) is 11.1 Å². The lowest BCUT2D eigenvalue weighted by Gasteiger charge is -2.07. The summed E-state index contributed by atoms with van der Waals surface area (Å²) in [6.45, 7) is 3.84. The molecular formula is C22H20N2O2. The number of nitrogens with zero attached hydrogens (tertiary/aromatic N) is 2. The van der Waals surface area contributed by atoms with Crippen LogP contribution in [0.1, 0.15) is 38.4 Å². The first-order chi connectivity index (χ1) is 12.4. The second kappa shape index (κ2) is 6.89. The fourth-order valence-electron chi connectivity index (χ4n) is 3.32. The van der Waals surface area contributed by atoms with Crippen LogP contribution in [-0.2, 0) is 13.5 Å². The molecule has 0 aliphatic heterocycles. The molecular weight excluding hydrogens is 324 g/mol. The molecule has 0 saturated carbocycles. The Morgan fingerprint density at radius 1 is 1.12 bits per heavy atom. The minimum absolute atomic E-state index is 0.144. The van der Waals surface area contributed by atoms with Gasteiger partial charge in [-0.05, 0) is 37.0 Å². The monoisotopic (exact) mass is 344 g/mol. The van der Waals surface area contributed by atoms with E-state index in [9.17, 15) is 15.2 Å². The molecule has 0 fully saturated rings. The molecule has 0 unspecified atom stereocenters. The number of aromatic nitrogens is 1. The molecule has 2 aromatic carbocycles. The number of nitriles is 1. The highest BCUT2D eigenvalue weighted by Gasteiger charge is 2.24. The predicted molar refractivity (Wildman–Crippen MR) is 101 cm³/mol. The van der Waals surface area contributed by atoms with E-state index in [1.165, 1.54) is 11.1 Å². The Labute approximate surface area is 153 Å². The number of carbonyl (C=O) groups is 1. The van der Waals surface area contributed by atoms with Gasteiger partial charge in [-0.2, -0.15) is 5.26 Å². The van der Waals surface area contributed by atoms with E-state index < -0.39 is 5.97 Å². The summed E-state index contributed by atoms with van der Waals surface area (Å²) in [5, 5.41) is 19.1. The molecule has 1 heterocycles. The summed E-state index contributed by atoms with van der Waals surface area (Å²) < 4.78 is 1.57. The van der Waals surface area contributed by atoms with Gasteiger partial charge >= 0.3 is 5.97 Å². The quantitative estimate of drug-likeness (QED) is 0.759. The van der Waals surface area contributed by atoms with E-state index in [0.717, 1.165) is 17.5 Å². The van der Waals surface area contributed by atoms with Crippen LogP contribution < -0.4 is 0 Å². The van der Waals surface area contributed by atoms with Crippen LogP contribution in [0.15, 0.2) is 48.5 Å². The van der Waals surface area contributed by atoms with Crippen LogP contribution in [0.3, 0.4) is 0 Å². The Morgan fingerprint density at radius 3 is 2.38 bits per heavy atom. The normalized spacial score (nSPS) is 10.5. The first-order valence-electron chi connectivity index (χ1n) is 8.40. The smallest absolute Gasteiger partial charge is 0.353 e. The van der Waals surface area contributed by atoms with Gasteiger partial charge < -0.3 is 9.67 Å². The molecule has 0 aliphatic carbocycles. The molecule has 3 rings (SSSR count). The molecule has 0 saturated heterocycles. The molecule has 4 heteroatoms. The standard InChI is InChI=1S/C22H20N2O2/c1-14-5-4-6-17(11-14)12-16-7-9-18(10-8-16)20-19(13-23)15(2)24(3)21(20)22(25)26/h4-11H,12H2,1-3H3,(H,25,26). The Morgan fingerprint density at radius 2 is 1.81 bits per heavy atom. The summed E-state index contributed by atoms with van der Waals surface area (Å²) in [5.74, 6) is -1.03. The van der Waals surface area contributed by atoms with E-state index >= 15 is 0 Å². The number of benzene rings is 2. The van der Waals surface area contributed by atoms with Crippen molar-refractivity contribution in [3.8, 4) is 17.2 Å². The van der Waals surface area contributed by atoms with Gasteiger partial charge in [-0.25, -0.2) is 4.79 Å². The third-order valence-electron chi connectivity index (χ3n) is 4.73. The molecule has 130 valence electrons. The second-order valence-electron chi connectivity index (χ2n) is 6.52. The Bertz CT molecular complexity index is 1020. The molecule has 1 N–H and O–H groups in total. The van der Waals surface area contributed by atoms with E-state index in [2.05, 4.69) is 31.2 Å². The van der Waals surface area contributed by atoms with Crippen LogP contribution in [0.2, 0.25) is 0 Å². The van der Waals surface area contributed by atoms with E-state index in [-0.39, 0.29) is 5.69 Å². The van der Waals surface area contributed by atoms with Crippen LogP contribution >= 0.6 is 0 Å². The molecule has 0 bridgehead atoms. The van der Waals surface area contributed by atoms with Gasteiger partial charge in [0.15, 0.2) is 0 Å². The number of carboxylic acid groups (broad SMARTS) is 1. The van der Waals surface area contributed by atoms with Gasteiger partial charge in [0.05, 0.1) is 5.56 Å².